The number of rotatable bonds is 3. The molecule has 1 N–H and O–H groups in total. The molecule has 5 heteroatoms. The van der Waals surface area contributed by atoms with Gasteiger partial charge in [0, 0.05) is 23.0 Å². The Hall–Kier alpha value is -2.66. The molecule has 1 fully saturated rings. The van der Waals surface area contributed by atoms with Crippen LogP contribution in [0, 0.1) is 11.8 Å². The molecule has 0 aromatic heterocycles. The van der Waals surface area contributed by atoms with Gasteiger partial charge >= 0.3 is 0 Å². The monoisotopic (exact) mass is 308 g/mol. The number of nitrogens with one attached hydrogen (secondary N) is 1. The standard InChI is InChI=1S/C18H15NO4/c20-17(15-13-8-9-14(23-13)16(15)18(21)22)19-12-7-3-5-10-4-1-2-6-11(10)12/h1-9,13-16H,(H,19,20)(H,21,22)/p-1/t13-,14+,15-,16+/m1/s1. The highest BCUT2D eigenvalue weighted by Gasteiger charge is 2.50. The Labute approximate surface area is 132 Å². The first-order chi connectivity index (χ1) is 11.1. The Morgan fingerprint density at radius 3 is 2.43 bits per heavy atom. The minimum absolute atomic E-state index is 0.354. The molecule has 0 unspecified atom stereocenters. The van der Waals surface area contributed by atoms with E-state index in [2.05, 4.69) is 5.32 Å². The summed E-state index contributed by atoms with van der Waals surface area (Å²) in [4.78, 5) is 24.0. The predicted molar refractivity (Wildman–Crippen MR) is 82.4 cm³/mol. The molecule has 0 saturated carbocycles. The molecule has 4 rings (SSSR count). The molecule has 5 nitrogen and oxygen atoms in total. The van der Waals surface area contributed by atoms with Crippen LogP contribution >= 0.6 is 0 Å². The van der Waals surface area contributed by atoms with Gasteiger partial charge in [0.2, 0.25) is 5.91 Å². The molecule has 2 bridgehead atoms. The lowest BCUT2D eigenvalue weighted by Crippen LogP contribution is -2.45. The zero-order valence-corrected chi connectivity index (χ0v) is 12.1. The van der Waals surface area contributed by atoms with Crippen LogP contribution in [0.2, 0.25) is 0 Å². The molecule has 23 heavy (non-hydrogen) atoms. The van der Waals surface area contributed by atoms with E-state index in [9.17, 15) is 14.7 Å². The lowest BCUT2D eigenvalue weighted by molar-refractivity contribution is -0.313. The van der Waals surface area contributed by atoms with Gasteiger partial charge in [0.1, 0.15) is 0 Å². The van der Waals surface area contributed by atoms with Gasteiger partial charge in [-0.2, -0.15) is 0 Å². The molecule has 2 heterocycles. The van der Waals surface area contributed by atoms with Crippen LogP contribution < -0.4 is 10.4 Å². The number of carbonyl (C=O) groups excluding carboxylic acids is 2. The highest BCUT2D eigenvalue weighted by molar-refractivity contribution is 6.04. The fourth-order valence-electron chi connectivity index (χ4n) is 3.45. The van der Waals surface area contributed by atoms with Gasteiger partial charge in [-0.3, -0.25) is 4.79 Å². The molecule has 0 radical (unpaired) electrons. The first-order valence-electron chi connectivity index (χ1n) is 7.48. The third-order valence-electron chi connectivity index (χ3n) is 4.52. The number of amides is 1. The summed E-state index contributed by atoms with van der Waals surface area (Å²) in [6.07, 6.45) is 2.36. The maximum Gasteiger partial charge on any atom is 0.231 e. The first kappa shape index (κ1) is 14.0. The minimum atomic E-state index is -1.25. The molecule has 1 saturated heterocycles. The van der Waals surface area contributed by atoms with Crippen molar-refractivity contribution in [1.82, 2.24) is 0 Å². The van der Waals surface area contributed by atoms with Crippen molar-refractivity contribution in [2.45, 2.75) is 12.2 Å². The van der Waals surface area contributed by atoms with E-state index in [-0.39, 0.29) is 5.91 Å². The maximum absolute atomic E-state index is 12.6. The summed E-state index contributed by atoms with van der Waals surface area (Å²) in [5.74, 6) is -3.32. The highest BCUT2D eigenvalue weighted by atomic mass is 16.5. The van der Waals surface area contributed by atoms with E-state index in [1.807, 2.05) is 36.4 Å². The molecule has 2 aliphatic rings. The Kier molecular flexibility index (Phi) is 3.16. The van der Waals surface area contributed by atoms with Crippen LogP contribution in [0.4, 0.5) is 5.69 Å². The van der Waals surface area contributed by atoms with Crippen LogP contribution in [-0.2, 0) is 14.3 Å². The fraction of sp³-hybridized carbons (Fsp3) is 0.222. The van der Waals surface area contributed by atoms with Crippen LogP contribution in [0.5, 0.6) is 0 Å². The van der Waals surface area contributed by atoms with Crippen molar-refractivity contribution in [2.24, 2.45) is 11.8 Å². The van der Waals surface area contributed by atoms with E-state index in [1.165, 1.54) is 0 Å². The summed E-state index contributed by atoms with van der Waals surface area (Å²) < 4.78 is 5.51. The van der Waals surface area contributed by atoms with Gasteiger partial charge in [-0.1, -0.05) is 48.6 Å². The van der Waals surface area contributed by atoms with Gasteiger partial charge in [-0.05, 0) is 11.5 Å². The number of ether oxygens (including phenoxy) is 1. The number of carbonyl (C=O) groups is 2. The van der Waals surface area contributed by atoms with Crippen molar-refractivity contribution in [1.29, 1.82) is 0 Å². The Morgan fingerprint density at radius 2 is 1.65 bits per heavy atom. The second-order valence-corrected chi connectivity index (χ2v) is 5.84. The van der Waals surface area contributed by atoms with Gasteiger partial charge < -0.3 is 20.0 Å². The van der Waals surface area contributed by atoms with Gasteiger partial charge in [-0.15, -0.1) is 0 Å². The topological polar surface area (TPSA) is 78.5 Å². The molecular formula is C18H14NO4-. The second kappa shape index (κ2) is 5.21. The molecule has 2 aromatic rings. The number of fused-ring (bicyclic) bond motifs is 3. The van der Waals surface area contributed by atoms with Crippen LogP contribution in [0.15, 0.2) is 54.6 Å². The number of hydrogen-bond acceptors (Lipinski definition) is 4. The SMILES string of the molecule is O=C([O-])[C@@H]1[C@H](C(=O)Nc2cccc3ccccc23)[C@H]2C=C[C@@H]1O2. The Bertz CT molecular complexity index is 823. The molecule has 2 aliphatic heterocycles. The van der Waals surface area contributed by atoms with Crippen LogP contribution in [0.3, 0.4) is 0 Å². The lowest BCUT2D eigenvalue weighted by Gasteiger charge is -2.25. The summed E-state index contributed by atoms with van der Waals surface area (Å²) in [6, 6.07) is 13.3. The number of carboxylic acid groups (broad SMARTS) is 1. The largest absolute Gasteiger partial charge is 0.550 e. The van der Waals surface area contributed by atoms with Crippen molar-refractivity contribution < 1.29 is 19.4 Å². The molecule has 116 valence electrons. The predicted octanol–water partition coefficient (Wildman–Crippen LogP) is 1.10. The molecule has 1 amide bonds. The average molecular weight is 308 g/mol. The normalized spacial score (nSPS) is 28.2. The van der Waals surface area contributed by atoms with Crippen LogP contribution in [0.1, 0.15) is 0 Å². The number of carboxylic acids is 1. The van der Waals surface area contributed by atoms with E-state index in [0.717, 1.165) is 10.8 Å². The molecule has 2 aromatic carbocycles. The minimum Gasteiger partial charge on any atom is -0.550 e. The Morgan fingerprint density at radius 1 is 0.957 bits per heavy atom. The quantitative estimate of drug-likeness (QED) is 0.861. The second-order valence-electron chi connectivity index (χ2n) is 5.84. The van der Waals surface area contributed by atoms with E-state index >= 15 is 0 Å². The van der Waals surface area contributed by atoms with Crippen molar-refractivity contribution in [3.63, 3.8) is 0 Å². The smallest absolute Gasteiger partial charge is 0.231 e. The van der Waals surface area contributed by atoms with Crippen LogP contribution in [-0.4, -0.2) is 24.1 Å². The van der Waals surface area contributed by atoms with Crippen molar-refractivity contribution >= 4 is 28.3 Å². The molecule has 0 spiro atoms. The number of anilines is 1. The average Bonchev–Trinajstić information content (AvgIpc) is 3.16. The summed E-state index contributed by atoms with van der Waals surface area (Å²) in [5, 5.41) is 16.1. The van der Waals surface area contributed by atoms with Crippen molar-refractivity contribution in [3.05, 3.63) is 54.6 Å². The van der Waals surface area contributed by atoms with Gasteiger partial charge in [0.05, 0.1) is 18.1 Å². The summed E-state index contributed by atoms with van der Waals surface area (Å²) in [5.41, 5.74) is 0.664. The third kappa shape index (κ3) is 2.21. The summed E-state index contributed by atoms with van der Waals surface area (Å²) >= 11 is 0. The van der Waals surface area contributed by atoms with Gasteiger partial charge in [-0.25, -0.2) is 0 Å². The molecular weight excluding hydrogens is 294 g/mol. The lowest BCUT2D eigenvalue weighted by atomic mass is 9.82. The third-order valence-corrected chi connectivity index (χ3v) is 4.52. The van der Waals surface area contributed by atoms with E-state index in [4.69, 9.17) is 4.74 Å². The molecule has 0 aliphatic carbocycles. The zero-order chi connectivity index (χ0) is 16.0. The fourth-order valence-corrected chi connectivity index (χ4v) is 3.45. The van der Waals surface area contributed by atoms with E-state index in [0.29, 0.717) is 5.69 Å². The van der Waals surface area contributed by atoms with Crippen molar-refractivity contribution in [3.8, 4) is 0 Å². The summed E-state index contributed by atoms with van der Waals surface area (Å²) in [7, 11) is 0. The van der Waals surface area contributed by atoms with E-state index < -0.39 is 30.0 Å². The Balaban J connectivity index is 1.65. The maximum atomic E-state index is 12.6. The summed E-state index contributed by atoms with van der Waals surface area (Å²) in [6.45, 7) is 0. The number of hydrogen-bond donors (Lipinski definition) is 1. The van der Waals surface area contributed by atoms with Gasteiger partial charge in [0.15, 0.2) is 0 Å². The number of benzene rings is 2. The van der Waals surface area contributed by atoms with Crippen molar-refractivity contribution in [2.75, 3.05) is 5.32 Å². The first-order valence-corrected chi connectivity index (χ1v) is 7.48. The highest BCUT2D eigenvalue weighted by Crippen LogP contribution is 2.39. The zero-order valence-electron chi connectivity index (χ0n) is 12.1. The molecule has 4 atom stereocenters. The van der Waals surface area contributed by atoms with E-state index in [1.54, 1.807) is 18.2 Å². The number of aliphatic carboxylic acids is 1. The van der Waals surface area contributed by atoms with Crippen LogP contribution in [0.25, 0.3) is 10.8 Å². The van der Waals surface area contributed by atoms with Gasteiger partial charge in [0.25, 0.3) is 0 Å².